The number of nitriles is 1. The normalized spacial score (nSPS) is 12.4. The molecular weight excluding hydrogens is 853 g/mol. The van der Waals surface area contributed by atoms with Crippen molar-refractivity contribution in [3.05, 3.63) is 210 Å². The molecule has 0 bridgehead atoms. The highest BCUT2D eigenvalue weighted by atomic mass is 15.2. The average molecular weight is 901 g/mol. The maximum Gasteiger partial charge on any atom is 0.187 e. The lowest BCUT2D eigenvalue weighted by Crippen LogP contribution is -2.11. The second kappa shape index (κ2) is 14.8. The summed E-state index contributed by atoms with van der Waals surface area (Å²) in [5.41, 5.74) is 17.0. The zero-order valence-corrected chi connectivity index (χ0v) is 40.0. The number of rotatable bonds is 6. The molecular formula is C64H48N6. The Morgan fingerprint density at radius 3 is 1.24 bits per heavy atom. The van der Waals surface area contributed by atoms with Crippen LogP contribution in [0.5, 0.6) is 0 Å². The molecule has 0 radical (unpaired) electrons. The molecule has 0 amide bonds. The third kappa shape index (κ3) is 5.97. The van der Waals surface area contributed by atoms with E-state index in [-0.39, 0.29) is 10.8 Å². The summed E-state index contributed by atoms with van der Waals surface area (Å²) in [6, 6.07) is 67.7. The summed E-state index contributed by atoms with van der Waals surface area (Å²) >= 11 is 0. The molecule has 6 nitrogen and oxygen atoms in total. The smallest absolute Gasteiger partial charge is 0.187 e. The Morgan fingerprint density at radius 1 is 0.429 bits per heavy atom. The highest BCUT2D eigenvalue weighted by Gasteiger charge is 2.29. The van der Waals surface area contributed by atoms with Gasteiger partial charge in [0.05, 0.1) is 62.7 Å². The van der Waals surface area contributed by atoms with Gasteiger partial charge in [-0.3, -0.25) is 0 Å². The molecule has 0 fully saturated rings. The van der Waals surface area contributed by atoms with E-state index in [9.17, 15) is 5.26 Å². The van der Waals surface area contributed by atoms with E-state index in [1.54, 1.807) is 0 Å². The molecule has 13 rings (SSSR count). The molecule has 0 spiro atoms. The molecule has 334 valence electrons. The molecule has 0 saturated carbocycles. The van der Waals surface area contributed by atoms with Gasteiger partial charge in [0.15, 0.2) is 5.69 Å². The topological polar surface area (TPSA) is 43.5 Å². The number of hydrogen-bond donors (Lipinski definition) is 0. The van der Waals surface area contributed by atoms with Crippen LogP contribution in [0.25, 0.3) is 81.0 Å². The van der Waals surface area contributed by atoms with Crippen LogP contribution in [0.2, 0.25) is 0 Å². The van der Waals surface area contributed by atoms with Crippen molar-refractivity contribution in [2.75, 3.05) is 9.80 Å². The first-order valence-corrected chi connectivity index (χ1v) is 24.0. The van der Waals surface area contributed by atoms with Crippen LogP contribution in [-0.4, -0.2) is 8.80 Å². The van der Waals surface area contributed by atoms with Crippen molar-refractivity contribution >= 4 is 116 Å². The predicted octanol–water partition coefficient (Wildman–Crippen LogP) is 17.9. The third-order valence-corrected chi connectivity index (χ3v) is 14.7. The highest BCUT2D eigenvalue weighted by molar-refractivity contribution is 6.32. The molecule has 4 aromatic heterocycles. The fraction of sp³-hybridized carbons (Fsp3) is 0.125. The van der Waals surface area contributed by atoms with Gasteiger partial charge in [0, 0.05) is 65.8 Å². The first-order valence-electron chi connectivity index (χ1n) is 24.0. The fourth-order valence-electron chi connectivity index (χ4n) is 11.2. The molecule has 0 aliphatic carbocycles. The lowest BCUT2D eigenvalue weighted by Gasteiger charge is -2.27. The van der Waals surface area contributed by atoms with E-state index in [1.165, 1.54) is 87.3 Å². The molecule has 6 heteroatoms. The molecule has 0 aliphatic heterocycles. The van der Waals surface area contributed by atoms with Crippen molar-refractivity contribution < 1.29 is 0 Å². The number of para-hydroxylation sites is 2. The Labute approximate surface area is 406 Å². The number of aromatic nitrogens is 2. The number of hydrogen-bond acceptors (Lipinski definition) is 3. The van der Waals surface area contributed by atoms with Gasteiger partial charge in [0.2, 0.25) is 0 Å². The zero-order chi connectivity index (χ0) is 47.8. The molecule has 4 heterocycles. The van der Waals surface area contributed by atoms with Gasteiger partial charge in [0.1, 0.15) is 0 Å². The summed E-state index contributed by atoms with van der Waals surface area (Å²) in [5.74, 6) is 0. The van der Waals surface area contributed by atoms with Gasteiger partial charge in [-0.1, -0.05) is 114 Å². The summed E-state index contributed by atoms with van der Waals surface area (Å²) in [7, 11) is 0. The van der Waals surface area contributed by atoms with Gasteiger partial charge >= 0.3 is 0 Å². The SMILES string of the molecule is [C-]#[N+]c1ccc(N(c2ccccc2)c2ccc3c4cc5c(cc4n4c6ccc(C(C)(C)C)cc6c2c34)c2ccc(N(c3ccccc3)c3ccc(C#N)cc3)c3c4cc(C(C)(C)C)ccc4n5c23)cc1. The van der Waals surface area contributed by atoms with E-state index >= 15 is 0 Å². The minimum Gasteiger partial charge on any atom is -0.310 e. The Hall–Kier alpha value is -8.84. The Morgan fingerprint density at radius 2 is 0.843 bits per heavy atom. The van der Waals surface area contributed by atoms with Crippen molar-refractivity contribution in [3.8, 4) is 6.07 Å². The molecule has 0 unspecified atom stereocenters. The van der Waals surface area contributed by atoms with Crippen molar-refractivity contribution in [2.45, 2.75) is 52.4 Å². The van der Waals surface area contributed by atoms with Gasteiger partial charge in [-0.15, -0.1) is 0 Å². The van der Waals surface area contributed by atoms with E-state index in [1.807, 2.05) is 24.3 Å². The monoisotopic (exact) mass is 900 g/mol. The number of fused-ring (bicyclic) bond motifs is 12. The van der Waals surface area contributed by atoms with E-state index < -0.39 is 0 Å². The van der Waals surface area contributed by atoms with E-state index in [4.69, 9.17) is 6.57 Å². The number of benzene rings is 9. The maximum atomic E-state index is 9.77. The molecule has 0 N–H and O–H groups in total. The zero-order valence-electron chi connectivity index (χ0n) is 40.0. The molecule has 9 aromatic carbocycles. The van der Waals surface area contributed by atoms with Crippen LogP contribution < -0.4 is 9.80 Å². The Balaban J connectivity index is 1.15. The first kappa shape index (κ1) is 41.4. The first-order chi connectivity index (χ1) is 33.9. The summed E-state index contributed by atoms with van der Waals surface area (Å²) < 4.78 is 5.04. The molecule has 0 atom stereocenters. The van der Waals surface area contributed by atoms with Crippen LogP contribution in [0.1, 0.15) is 58.2 Å². The summed E-state index contributed by atoms with van der Waals surface area (Å²) in [6.07, 6.45) is 0. The minimum absolute atomic E-state index is 0.0600. The van der Waals surface area contributed by atoms with Crippen molar-refractivity contribution in [3.63, 3.8) is 0 Å². The second-order valence-electron chi connectivity index (χ2n) is 20.9. The minimum atomic E-state index is -0.0613. The largest absolute Gasteiger partial charge is 0.310 e. The Bertz CT molecular complexity index is 4020. The highest BCUT2D eigenvalue weighted by Crippen LogP contribution is 2.52. The molecule has 0 saturated heterocycles. The maximum absolute atomic E-state index is 9.77. The predicted molar refractivity (Wildman–Crippen MR) is 294 cm³/mol. The van der Waals surface area contributed by atoms with Crippen molar-refractivity contribution in [2.24, 2.45) is 0 Å². The summed E-state index contributed by atoms with van der Waals surface area (Å²) in [6.45, 7) is 21.4. The molecule has 13 aromatic rings. The van der Waals surface area contributed by atoms with Crippen LogP contribution in [0.15, 0.2) is 182 Å². The van der Waals surface area contributed by atoms with Gasteiger partial charge < -0.3 is 18.6 Å². The number of nitrogens with zero attached hydrogens (tertiary/aromatic N) is 6. The van der Waals surface area contributed by atoms with E-state index in [2.05, 4.69) is 229 Å². The second-order valence-corrected chi connectivity index (χ2v) is 20.9. The quantitative estimate of drug-likeness (QED) is 0.156. The summed E-state index contributed by atoms with van der Waals surface area (Å²) in [4.78, 5) is 8.42. The standard InChI is InChI=1S/C64H48N6/c1-63(2,3)40-20-30-53-51(34-40)59-55(67(43-14-10-8-11-15-43)45-24-18-39(38-65)19-25-45)32-28-47-49-36-58-50(37-57(49)69(53)61(47)59)48-29-33-56(60-52-35-41(64(4,5)6)21-31-54(52)70(58)62(48)60)68(44-16-12-9-13-17-44)46-26-22-42(66-7)23-27-46/h8-37H,1-6H3. The van der Waals surface area contributed by atoms with Gasteiger partial charge in [-0.2, -0.15) is 5.26 Å². The summed E-state index contributed by atoms with van der Waals surface area (Å²) in [5, 5.41) is 19.4. The molecule has 70 heavy (non-hydrogen) atoms. The Kier molecular flexibility index (Phi) is 8.76. The van der Waals surface area contributed by atoms with Crippen LogP contribution in [0.4, 0.5) is 39.8 Å². The fourth-order valence-corrected chi connectivity index (χ4v) is 11.2. The third-order valence-electron chi connectivity index (χ3n) is 14.7. The number of anilines is 6. The van der Waals surface area contributed by atoms with E-state index in [0.717, 1.165) is 34.1 Å². The average Bonchev–Trinajstić information content (AvgIpc) is 4.10. The lowest BCUT2D eigenvalue weighted by molar-refractivity contribution is 0.591. The van der Waals surface area contributed by atoms with Crippen molar-refractivity contribution in [1.29, 1.82) is 5.26 Å². The van der Waals surface area contributed by atoms with Gasteiger partial charge in [-0.05, 0) is 131 Å². The van der Waals surface area contributed by atoms with Crippen LogP contribution >= 0.6 is 0 Å². The lowest BCUT2D eigenvalue weighted by atomic mass is 9.86. The van der Waals surface area contributed by atoms with Gasteiger partial charge in [0.25, 0.3) is 0 Å². The van der Waals surface area contributed by atoms with E-state index in [0.29, 0.717) is 11.3 Å². The van der Waals surface area contributed by atoms with Crippen LogP contribution in [-0.2, 0) is 10.8 Å². The van der Waals surface area contributed by atoms with Crippen LogP contribution in [0.3, 0.4) is 0 Å². The van der Waals surface area contributed by atoms with Crippen LogP contribution in [0, 0.1) is 17.9 Å². The van der Waals surface area contributed by atoms with Crippen molar-refractivity contribution in [1.82, 2.24) is 8.80 Å². The van der Waals surface area contributed by atoms with Gasteiger partial charge in [-0.25, -0.2) is 4.85 Å². The molecule has 0 aliphatic rings.